The molecule has 4 rings (SSSR count). The quantitative estimate of drug-likeness (QED) is 0.716. The summed E-state index contributed by atoms with van der Waals surface area (Å²) in [6.45, 7) is 1.92. The largest absolute Gasteiger partial charge is 0.480 e. The minimum absolute atomic E-state index is 0.118. The monoisotopic (exact) mass is 364 g/mol. The van der Waals surface area contributed by atoms with E-state index < -0.39 is 41.2 Å². The molecule has 0 radical (unpaired) electrons. The average Bonchev–Trinajstić information content (AvgIpc) is 3.14. The van der Waals surface area contributed by atoms with Crippen molar-refractivity contribution in [3.8, 4) is 0 Å². The molecule has 2 aliphatic heterocycles. The van der Waals surface area contributed by atoms with Gasteiger partial charge in [-0.1, -0.05) is 54.6 Å². The van der Waals surface area contributed by atoms with Gasteiger partial charge in [-0.25, -0.2) is 0 Å². The lowest BCUT2D eigenvalue weighted by Gasteiger charge is -2.30. The zero-order chi connectivity index (χ0) is 19.2. The molecule has 0 bridgehead atoms. The van der Waals surface area contributed by atoms with Crippen molar-refractivity contribution in [2.75, 3.05) is 0 Å². The van der Waals surface area contributed by atoms with Gasteiger partial charge >= 0.3 is 5.97 Å². The number of fused-ring (bicyclic) bond motifs is 1. The zero-order valence-electron chi connectivity index (χ0n) is 14.8. The maximum Gasteiger partial charge on any atom is 0.325 e. The minimum atomic E-state index is -1.55. The van der Waals surface area contributed by atoms with Crippen LogP contribution in [-0.2, 0) is 20.8 Å². The Morgan fingerprint density at radius 3 is 2.37 bits per heavy atom. The van der Waals surface area contributed by atoms with E-state index in [1.165, 1.54) is 0 Å². The first kappa shape index (κ1) is 17.4. The van der Waals surface area contributed by atoms with Crippen molar-refractivity contribution >= 4 is 17.8 Å². The summed E-state index contributed by atoms with van der Waals surface area (Å²) in [4.78, 5) is 37.6. The topological polar surface area (TPSA) is 95.5 Å². The number of aryl methyl sites for hydroxylation is 1. The van der Waals surface area contributed by atoms with E-state index in [4.69, 9.17) is 0 Å². The summed E-state index contributed by atoms with van der Waals surface area (Å²) in [5, 5.41) is 15.7. The van der Waals surface area contributed by atoms with Crippen LogP contribution < -0.4 is 10.6 Å². The molecule has 0 aromatic heterocycles. The number of imide groups is 1. The van der Waals surface area contributed by atoms with Crippen LogP contribution in [0.4, 0.5) is 0 Å². The van der Waals surface area contributed by atoms with E-state index in [-0.39, 0.29) is 6.42 Å². The van der Waals surface area contributed by atoms with Gasteiger partial charge in [0, 0.05) is 12.5 Å². The Kier molecular flexibility index (Phi) is 4.08. The Bertz CT molecular complexity index is 927. The number of benzene rings is 2. The molecule has 2 fully saturated rings. The maximum absolute atomic E-state index is 12.6. The van der Waals surface area contributed by atoms with Crippen LogP contribution in [0.25, 0.3) is 0 Å². The smallest absolute Gasteiger partial charge is 0.325 e. The first-order chi connectivity index (χ1) is 12.9. The lowest BCUT2D eigenvalue weighted by molar-refractivity contribution is -0.149. The van der Waals surface area contributed by atoms with Crippen LogP contribution in [0.2, 0.25) is 0 Å². The Morgan fingerprint density at radius 2 is 1.70 bits per heavy atom. The molecule has 2 aliphatic rings. The molecular formula is C21H20N2O4. The number of amides is 2. The number of nitrogens with one attached hydrogen (secondary N) is 2. The van der Waals surface area contributed by atoms with E-state index in [0.717, 1.165) is 16.7 Å². The van der Waals surface area contributed by atoms with Crippen LogP contribution in [0.3, 0.4) is 0 Å². The minimum Gasteiger partial charge on any atom is -0.480 e. The third-order valence-electron chi connectivity index (χ3n) is 5.72. The van der Waals surface area contributed by atoms with E-state index in [2.05, 4.69) is 10.6 Å². The van der Waals surface area contributed by atoms with Gasteiger partial charge in [-0.05, 0) is 23.6 Å². The zero-order valence-corrected chi connectivity index (χ0v) is 14.8. The molecule has 2 heterocycles. The van der Waals surface area contributed by atoms with Gasteiger partial charge in [0.15, 0.2) is 0 Å². The summed E-state index contributed by atoms with van der Waals surface area (Å²) in [5.74, 6) is -3.78. The highest BCUT2D eigenvalue weighted by Crippen LogP contribution is 2.48. The summed E-state index contributed by atoms with van der Waals surface area (Å²) >= 11 is 0. The number of aliphatic carboxylic acids is 1. The Hall–Kier alpha value is -2.99. The molecule has 0 spiro atoms. The second-order valence-electron chi connectivity index (χ2n) is 7.27. The number of carbonyl (C=O) groups is 3. The first-order valence-corrected chi connectivity index (χ1v) is 8.89. The second kappa shape index (κ2) is 6.32. The standard InChI is InChI=1S/C21H20N2O4/c1-12-7-5-6-10-14(12)17-15-16(19(25)22-18(15)24)21(23-17,20(26)27)11-13-8-3-2-4-9-13/h2-10,15-17,23H,11H2,1H3,(H,26,27)(H,22,24,25). The third-order valence-corrected chi connectivity index (χ3v) is 5.72. The Labute approximate surface area is 156 Å². The molecule has 2 saturated heterocycles. The fraction of sp³-hybridized carbons (Fsp3) is 0.286. The van der Waals surface area contributed by atoms with Gasteiger partial charge in [0.25, 0.3) is 0 Å². The van der Waals surface area contributed by atoms with Crippen LogP contribution in [0, 0.1) is 18.8 Å². The Balaban J connectivity index is 1.84. The van der Waals surface area contributed by atoms with E-state index >= 15 is 0 Å². The van der Waals surface area contributed by atoms with Crippen molar-refractivity contribution in [3.05, 3.63) is 71.3 Å². The van der Waals surface area contributed by atoms with Gasteiger partial charge in [-0.3, -0.25) is 25.0 Å². The predicted octanol–water partition coefficient (Wildman–Crippen LogP) is 1.59. The molecule has 4 unspecified atom stereocenters. The molecule has 4 atom stereocenters. The van der Waals surface area contributed by atoms with Gasteiger partial charge in [0.2, 0.25) is 11.8 Å². The van der Waals surface area contributed by atoms with Gasteiger partial charge in [0.05, 0.1) is 11.8 Å². The van der Waals surface area contributed by atoms with E-state index in [9.17, 15) is 19.5 Å². The van der Waals surface area contributed by atoms with Crippen LogP contribution >= 0.6 is 0 Å². The van der Waals surface area contributed by atoms with E-state index in [1.54, 1.807) is 0 Å². The molecule has 27 heavy (non-hydrogen) atoms. The van der Waals surface area contributed by atoms with Gasteiger partial charge in [0.1, 0.15) is 5.54 Å². The molecule has 3 N–H and O–H groups in total. The molecule has 0 aliphatic carbocycles. The number of hydrogen-bond acceptors (Lipinski definition) is 4. The van der Waals surface area contributed by atoms with Crippen LogP contribution in [0.5, 0.6) is 0 Å². The molecule has 2 aromatic rings. The number of rotatable bonds is 4. The Morgan fingerprint density at radius 1 is 1.04 bits per heavy atom. The molecule has 0 saturated carbocycles. The summed E-state index contributed by atoms with van der Waals surface area (Å²) in [5.41, 5.74) is 1.04. The molecule has 6 heteroatoms. The number of carboxylic acids is 1. The first-order valence-electron chi connectivity index (χ1n) is 8.89. The highest BCUT2D eigenvalue weighted by atomic mass is 16.4. The maximum atomic E-state index is 12.6. The lowest BCUT2D eigenvalue weighted by Crippen LogP contribution is -2.57. The van der Waals surface area contributed by atoms with Crippen LogP contribution in [0.15, 0.2) is 54.6 Å². The number of carbonyl (C=O) groups excluding carboxylic acids is 2. The van der Waals surface area contributed by atoms with Crippen molar-refractivity contribution in [1.82, 2.24) is 10.6 Å². The summed E-state index contributed by atoms with van der Waals surface area (Å²) in [6, 6.07) is 16.2. The van der Waals surface area contributed by atoms with Crippen molar-refractivity contribution < 1.29 is 19.5 Å². The van der Waals surface area contributed by atoms with Gasteiger partial charge in [-0.2, -0.15) is 0 Å². The molecule has 2 amide bonds. The molecule has 138 valence electrons. The second-order valence-corrected chi connectivity index (χ2v) is 7.27. The normalized spacial score (nSPS) is 29.4. The van der Waals surface area contributed by atoms with Gasteiger partial charge < -0.3 is 5.11 Å². The van der Waals surface area contributed by atoms with Gasteiger partial charge in [-0.15, -0.1) is 0 Å². The highest BCUT2D eigenvalue weighted by Gasteiger charge is 2.66. The molecular weight excluding hydrogens is 344 g/mol. The number of hydrogen-bond donors (Lipinski definition) is 3. The van der Waals surface area contributed by atoms with Crippen molar-refractivity contribution in [2.45, 2.75) is 24.9 Å². The third kappa shape index (κ3) is 2.64. The van der Waals surface area contributed by atoms with Crippen LogP contribution in [0.1, 0.15) is 22.7 Å². The van der Waals surface area contributed by atoms with Crippen molar-refractivity contribution in [1.29, 1.82) is 0 Å². The summed E-state index contributed by atoms with van der Waals surface area (Å²) < 4.78 is 0. The predicted molar refractivity (Wildman–Crippen MR) is 97.7 cm³/mol. The van der Waals surface area contributed by atoms with E-state index in [1.807, 2.05) is 61.5 Å². The van der Waals surface area contributed by atoms with E-state index in [0.29, 0.717) is 0 Å². The highest BCUT2D eigenvalue weighted by molar-refractivity contribution is 6.09. The lowest BCUT2D eigenvalue weighted by atomic mass is 9.76. The van der Waals surface area contributed by atoms with Crippen molar-refractivity contribution in [3.63, 3.8) is 0 Å². The molecule has 2 aromatic carbocycles. The fourth-order valence-electron chi connectivity index (χ4n) is 4.48. The van der Waals surface area contributed by atoms with Crippen LogP contribution in [-0.4, -0.2) is 28.4 Å². The average molecular weight is 364 g/mol. The SMILES string of the molecule is Cc1ccccc1C1NC(Cc2ccccc2)(C(=O)O)C2C(=O)NC(=O)C12. The summed E-state index contributed by atoms with van der Waals surface area (Å²) in [6.07, 6.45) is 0.118. The number of carboxylic acid groups (broad SMARTS) is 1. The molecule has 6 nitrogen and oxygen atoms in total. The fourth-order valence-corrected chi connectivity index (χ4v) is 4.48. The summed E-state index contributed by atoms with van der Waals surface area (Å²) in [7, 11) is 0. The van der Waals surface area contributed by atoms with Crippen molar-refractivity contribution in [2.24, 2.45) is 11.8 Å².